The van der Waals surface area contributed by atoms with E-state index in [1.165, 1.54) is 0 Å². The maximum Gasteiger partial charge on any atom is 0.124 e. The highest BCUT2D eigenvalue weighted by Crippen LogP contribution is 2.27. The van der Waals surface area contributed by atoms with Crippen LogP contribution in [-0.2, 0) is 0 Å². The number of benzene rings is 2. The molecule has 0 fully saturated rings. The summed E-state index contributed by atoms with van der Waals surface area (Å²) in [7, 11) is 0. The zero-order chi connectivity index (χ0) is 15.2. The van der Waals surface area contributed by atoms with E-state index in [1.807, 2.05) is 49.4 Å². The summed E-state index contributed by atoms with van der Waals surface area (Å²) in [5.74, 6) is 1.62. The van der Waals surface area contributed by atoms with E-state index in [2.05, 4.69) is 31.9 Å². The molecule has 1 atom stereocenters. The molecule has 21 heavy (non-hydrogen) atoms. The second kappa shape index (κ2) is 7.82. The van der Waals surface area contributed by atoms with E-state index >= 15 is 0 Å². The molecule has 3 nitrogen and oxygen atoms in total. The van der Waals surface area contributed by atoms with Crippen LogP contribution in [0.25, 0.3) is 0 Å². The smallest absolute Gasteiger partial charge is 0.124 e. The van der Waals surface area contributed by atoms with Gasteiger partial charge < -0.3 is 15.2 Å². The van der Waals surface area contributed by atoms with Gasteiger partial charge in [-0.3, -0.25) is 0 Å². The maximum absolute atomic E-state index is 5.96. The minimum absolute atomic E-state index is 0.0788. The molecule has 0 radical (unpaired) electrons. The summed E-state index contributed by atoms with van der Waals surface area (Å²) in [6.45, 7) is 2.89. The van der Waals surface area contributed by atoms with Crippen molar-refractivity contribution in [1.29, 1.82) is 0 Å². The minimum atomic E-state index is -0.0788. The molecule has 2 N–H and O–H groups in total. The van der Waals surface area contributed by atoms with Crippen LogP contribution in [0, 0.1) is 0 Å². The van der Waals surface area contributed by atoms with Gasteiger partial charge in [0.2, 0.25) is 0 Å². The Bertz CT molecular complexity index is 585. The third kappa shape index (κ3) is 5.02. The first kappa shape index (κ1) is 16.3. The normalized spacial score (nSPS) is 12.0. The standard InChI is InChI=1S/C16H17Br2NO2/c1-11(19)15-10-13(18)4-7-16(15)21-9-8-20-14-5-2-12(17)3-6-14/h2-7,10-11H,8-9,19H2,1H3/t11-/m0/s1. The fourth-order valence-corrected chi connectivity index (χ4v) is 2.49. The highest BCUT2D eigenvalue weighted by Gasteiger charge is 2.08. The van der Waals surface area contributed by atoms with Crippen LogP contribution in [0.2, 0.25) is 0 Å². The lowest BCUT2D eigenvalue weighted by Crippen LogP contribution is -2.12. The van der Waals surface area contributed by atoms with Crippen LogP contribution in [0.15, 0.2) is 51.4 Å². The van der Waals surface area contributed by atoms with E-state index in [4.69, 9.17) is 15.2 Å². The molecule has 0 bridgehead atoms. The number of hydrogen-bond donors (Lipinski definition) is 1. The summed E-state index contributed by atoms with van der Waals surface area (Å²) in [5.41, 5.74) is 6.94. The number of halogens is 2. The monoisotopic (exact) mass is 413 g/mol. The van der Waals surface area contributed by atoms with Gasteiger partial charge >= 0.3 is 0 Å². The van der Waals surface area contributed by atoms with Crippen molar-refractivity contribution in [2.45, 2.75) is 13.0 Å². The van der Waals surface area contributed by atoms with Crippen molar-refractivity contribution < 1.29 is 9.47 Å². The van der Waals surface area contributed by atoms with Gasteiger partial charge in [0.15, 0.2) is 0 Å². The predicted molar refractivity (Wildman–Crippen MR) is 91.9 cm³/mol. The largest absolute Gasteiger partial charge is 0.490 e. The summed E-state index contributed by atoms with van der Waals surface area (Å²) in [6.07, 6.45) is 0. The van der Waals surface area contributed by atoms with Crippen molar-refractivity contribution in [2.75, 3.05) is 13.2 Å². The van der Waals surface area contributed by atoms with Crippen LogP contribution in [0.1, 0.15) is 18.5 Å². The topological polar surface area (TPSA) is 44.5 Å². The lowest BCUT2D eigenvalue weighted by atomic mass is 10.1. The number of ether oxygens (including phenoxy) is 2. The molecular weight excluding hydrogens is 398 g/mol. The van der Waals surface area contributed by atoms with Gasteiger partial charge in [0.05, 0.1) is 0 Å². The Hall–Kier alpha value is -1.04. The Morgan fingerprint density at radius 2 is 1.57 bits per heavy atom. The number of rotatable bonds is 6. The van der Waals surface area contributed by atoms with E-state index in [0.29, 0.717) is 13.2 Å². The van der Waals surface area contributed by atoms with Crippen LogP contribution in [0.4, 0.5) is 0 Å². The van der Waals surface area contributed by atoms with Crippen molar-refractivity contribution in [1.82, 2.24) is 0 Å². The molecule has 0 unspecified atom stereocenters. The van der Waals surface area contributed by atoms with Crippen LogP contribution >= 0.6 is 31.9 Å². The van der Waals surface area contributed by atoms with Crippen LogP contribution in [0.5, 0.6) is 11.5 Å². The van der Waals surface area contributed by atoms with Crippen molar-refractivity contribution in [2.24, 2.45) is 5.73 Å². The Kier molecular flexibility index (Phi) is 6.08. The zero-order valence-electron chi connectivity index (χ0n) is 11.7. The molecule has 0 aromatic heterocycles. The molecule has 5 heteroatoms. The van der Waals surface area contributed by atoms with Gasteiger partial charge in [-0.1, -0.05) is 31.9 Å². The Balaban J connectivity index is 1.87. The Morgan fingerprint density at radius 3 is 2.24 bits per heavy atom. The zero-order valence-corrected chi connectivity index (χ0v) is 14.9. The van der Waals surface area contributed by atoms with Crippen molar-refractivity contribution >= 4 is 31.9 Å². The molecule has 2 aromatic rings. The van der Waals surface area contributed by atoms with E-state index < -0.39 is 0 Å². The van der Waals surface area contributed by atoms with Gasteiger partial charge in [-0.25, -0.2) is 0 Å². The summed E-state index contributed by atoms with van der Waals surface area (Å²) < 4.78 is 13.4. The lowest BCUT2D eigenvalue weighted by Gasteiger charge is -2.15. The first-order chi connectivity index (χ1) is 10.1. The highest BCUT2D eigenvalue weighted by molar-refractivity contribution is 9.10. The fraction of sp³-hybridized carbons (Fsp3) is 0.250. The van der Waals surface area contributed by atoms with Gasteiger partial charge in [0.1, 0.15) is 24.7 Å². The molecule has 2 aromatic carbocycles. The predicted octanol–water partition coefficient (Wildman–Crippen LogP) is 4.69. The highest BCUT2D eigenvalue weighted by atomic mass is 79.9. The molecule has 0 aliphatic heterocycles. The number of hydrogen-bond acceptors (Lipinski definition) is 3. The molecule has 0 spiro atoms. The average molecular weight is 415 g/mol. The lowest BCUT2D eigenvalue weighted by molar-refractivity contribution is 0.215. The molecule has 2 rings (SSSR count). The number of nitrogens with two attached hydrogens (primary N) is 1. The molecule has 0 aliphatic rings. The van der Waals surface area contributed by atoms with Crippen molar-refractivity contribution in [3.05, 3.63) is 57.0 Å². The van der Waals surface area contributed by atoms with Crippen molar-refractivity contribution in [3.8, 4) is 11.5 Å². The average Bonchev–Trinajstić information content (AvgIpc) is 2.46. The van der Waals surface area contributed by atoms with Crippen molar-refractivity contribution in [3.63, 3.8) is 0 Å². The second-order valence-corrected chi connectivity index (χ2v) is 6.45. The summed E-state index contributed by atoms with van der Waals surface area (Å²) in [4.78, 5) is 0. The summed E-state index contributed by atoms with van der Waals surface area (Å²) in [6, 6.07) is 13.5. The first-order valence-electron chi connectivity index (χ1n) is 6.62. The minimum Gasteiger partial charge on any atom is -0.490 e. The van der Waals surface area contributed by atoms with Crippen LogP contribution < -0.4 is 15.2 Å². The molecule has 0 aliphatic carbocycles. The van der Waals surface area contributed by atoms with Crippen LogP contribution in [0.3, 0.4) is 0 Å². The molecule has 0 saturated carbocycles. The SMILES string of the molecule is C[C@H](N)c1cc(Br)ccc1OCCOc1ccc(Br)cc1. The second-order valence-electron chi connectivity index (χ2n) is 4.62. The quantitative estimate of drug-likeness (QED) is 0.697. The van der Waals surface area contributed by atoms with Gasteiger partial charge in [0, 0.05) is 20.6 Å². The third-order valence-corrected chi connectivity index (χ3v) is 3.91. The van der Waals surface area contributed by atoms with Gasteiger partial charge in [-0.05, 0) is 49.4 Å². The van der Waals surface area contributed by atoms with E-state index in [9.17, 15) is 0 Å². The van der Waals surface area contributed by atoms with Crippen LogP contribution in [-0.4, -0.2) is 13.2 Å². The Labute approximate surface area is 141 Å². The third-order valence-electron chi connectivity index (χ3n) is 2.89. The molecule has 0 heterocycles. The molecule has 0 amide bonds. The fourth-order valence-electron chi connectivity index (χ4n) is 1.85. The van der Waals surface area contributed by atoms with E-state index in [0.717, 1.165) is 26.0 Å². The molecule has 112 valence electrons. The Morgan fingerprint density at radius 1 is 0.952 bits per heavy atom. The van der Waals surface area contributed by atoms with Gasteiger partial charge in [-0.15, -0.1) is 0 Å². The molecule has 0 saturated heterocycles. The summed E-state index contributed by atoms with van der Waals surface area (Å²) >= 11 is 6.83. The van der Waals surface area contributed by atoms with Gasteiger partial charge in [-0.2, -0.15) is 0 Å². The maximum atomic E-state index is 5.96. The van der Waals surface area contributed by atoms with E-state index in [1.54, 1.807) is 0 Å². The van der Waals surface area contributed by atoms with Gasteiger partial charge in [0.25, 0.3) is 0 Å². The van der Waals surface area contributed by atoms with E-state index in [-0.39, 0.29) is 6.04 Å². The first-order valence-corrected chi connectivity index (χ1v) is 8.21. The summed E-state index contributed by atoms with van der Waals surface area (Å²) in [5, 5.41) is 0. The molecular formula is C16H17Br2NO2.